The molecular formula is C14H22N2O3. The van der Waals surface area contributed by atoms with Crippen LogP contribution in [0.25, 0.3) is 0 Å². The topological polar surface area (TPSA) is 59.6 Å². The summed E-state index contributed by atoms with van der Waals surface area (Å²) in [6, 6.07) is 7.49. The molecule has 1 rings (SSSR count). The Hall–Kier alpha value is -1.59. The minimum Gasteiger partial charge on any atom is -0.382 e. The second-order valence-corrected chi connectivity index (χ2v) is 4.21. The van der Waals surface area contributed by atoms with Crippen molar-refractivity contribution in [3.8, 4) is 0 Å². The highest BCUT2D eigenvalue weighted by atomic mass is 16.5. The number of methoxy groups -OCH3 is 1. The fourth-order valence-electron chi connectivity index (χ4n) is 1.52. The van der Waals surface area contributed by atoms with Gasteiger partial charge in [0.2, 0.25) is 0 Å². The Morgan fingerprint density at radius 3 is 2.84 bits per heavy atom. The minimum atomic E-state index is -0.192. The average molecular weight is 266 g/mol. The van der Waals surface area contributed by atoms with Crippen molar-refractivity contribution in [2.45, 2.75) is 13.3 Å². The van der Waals surface area contributed by atoms with E-state index in [0.29, 0.717) is 26.4 Å². The van der Waals surface area contributed by atoms with E-state index in [1.54, 1.807) is 7.11 Å². The zero-order valence-corrected chi connectivity index (χ0v) is 11.6. The third kappa shape index (κ3) is 7.43. The summed E-state index contributed by atoms with van der Waals surface area (Å²) in [5.41, 5.74) is 1.91. The van der Waals surface area contributed by atoms with Crippen LogP contribution < -0.4 is 10.6 Å². The maximum atomic E-state index is 11.6. The Bertz CT molecular complexity index is 383. The lowest BCUT2D eigenvalue weighted by Gasteiger charge is -2.08. The number of urea groups is 1. The molecule has 19 heavy (non-hydrogen) atoms. The molecule has 0 spiro atoms. The van der Waals surface area contributed by atoms with Gasteiger partial charge in [-0.3, -0.25) is 0 Å². The summed E-state index contributed by atoms with van der Waals surface area (Å²) in [5, 5.41) is 5.56. The number of amides is 2. The molecule has 0 radical (unpaired) electrons. The smallest absolute Gasteiger partial charge is 0.319 e. The molecule has 106 valence electrons. The molecule has 0 saturated carbocycles. The lowest BCUT2D eigenvalue weighted by molar-refractivity contribution is 0.0697. The van der Waals surface area contributed by atoms with Gasteiger partial charge in [0.1, 0.15) is 0 Å². The summed E-state index contributed by atoms with van der Waals surface area (Å²) in [5.74, 6) is 0. The lowest BCUT2D eigenvalue weighted by atomic mass is 10.2. The number of nitrogens with one attached hydrogen (secondary N) is 2. The molecule has 0 unspecified atom stereocenters. The number of ether oxygens (including phenoxy) is 2. The van der Waals surface area contributed by atoms with E-state index in [9.17, 15) is 4.79 Å². The highest BCUT2D eigenvalue weighted by Gasteiger charge is 2.00. The molecule has 0 aliphatic carbocycles. The van der Waals surface area contributed by atoms with Crippen LogP contribution in [0.4, 0.5) is 10.5 Å². The number of benzene rings is 1. The van der Waals surface area contributed by atoms with E-state index in [1.165, 1.54) is 0 Å². The maximum Gasteiger partial charge on any atom is 0.319 e. The summed E-state index contributed by atoms with van der Waals surface area (Å²) < 4.78 is 10.2. The molecule has 0 atom stereocenters. The Kier molecular flexibility index (Phi) is 7.62. The number of carbonyl (C=O) groups is 1. The molecule has 0 bridgehead atoms. The molecule has 2 N–H and O–H groups in total. The Labute approximate surface area is 114 Å². The molecule has 0 aliphatic rings. The first-order chi connectivity index (χ1) is 9.22. The van der Waals surface area contributed by atoms with Crippen molar-refractivity contribution in [2.24, 2.45) is 0 Å². The molecule has 0 aliphatic heterocycles. The number of aryl methyl sites for hydroxylation is 1. The van der Waals surface area contributed by atoms with Crippen LogP contribution in [0.2, 0.25) is 0 Å². The molecule has 1 aromatic rings. The highest BCUT2D eigenvalue weighted by molar-refractivity contribution is 5.89. The van der Waals surface area contributed by atoms with Crippen LogP contribution in [-0.2, 0) is 9.47 Å². The predicted octanol–water partition coefficient (Wildman–Crippen LogP) is 2.17. The van der Waals surface area contributed by atoms with Crippen LogP contribution in [0.3, 0.4) is 0 Å². The Morgan fingerprint density at radius 2 is 2.11 bits per heavy atom. The van der Waals surface area contributed by atoms with E-state index in [0.717, 1.165) is 17.7 Å². The van der Waals surface area contributed by atoms with Gasteiger partial charge in [-0.05, 0) is 31.0 Å². The zero-order valence-electron chi connectivity index (χ0n) is 11.6. The van der Waals surface area contributed by atoms with E-state index in [1.807, 2.05) is 31.2 Å². The molecule has 1 aromatic carbocycles. The van der Waals surface area contributed by atoms with Gasteiger partial charge in [0.15, 0.2) is 0 Å². The number of hydrogen-bond donors (Lipinski definition) is 2. The predicted molar refractivity (Wildman–Crippen MR) is 75.5 cm³/mol. The van der Waals surface area contributed by atoms with E-state index in [4.69, 9.17) is 9.47 Å². The summed E-state index contributed by atoms with van der Waals surface area (Å²) in [7, 11) is 1.64. The number of rotatable bonds is 8. The van der Waals surface area contributed by atoms with Gasteiger partial charge >= 0.3 is 6.03 Å². The summed E-state index contributed by atoms with van der Waals surface area (Å²) in [6.45, 7) is 4.38. The highest BCUT2D eigenvalue weighted by Crippen LogP contribution is 2.08. The summed E-state index contributed by atoms with van der Waals surface area (Å²) >= 11 is 0. The molecule has 5 nitrogen and oxygen atoms in total. The van der Waals surface area contributed by atoms with Crippen LogP contribution in [0, 0.1) is 6.92 Å². The average Bonchev–Trinajstić information content (AvgIpc) is 2.37. The number of anilines is 1. The second kappa shape index (κ2) is 9.35. The fraction of sp³-hybridized carbons (Fsp3) is 0.500. The molecule has 0 heterocycles. The summed E-state index contributed by atoms with van der Waals surface area (Å²) in [4.78, 5) is 11.6. The van der Waals surface area contributed by atoms with Gasteiger partial charge in [-0.1, -0.05) is 12.1 Å². The SMILES string of the molecule is COCCOCCCNC(=O)Nc1cccc(C)c1. The normalized spacial score (nSPS) is 10.2. The van der Waals surface area contributed by atoms with Crippen molar-refractivity contribution in [2.75, 3.05) is 38.8 Å². The van der Waals surface area contributed by atoms with Gasteiger partial charge in [0.05, 0.1) is 13.2 Å². The van der Waals surface area contributed by atoms with Crippen LogP contribution >= 0.6 is 0 Å². The van der Waals surface area contributed by atoms with E-state index in [-0.39, 0.29) is 6.03 Å². The quantitative estimate of drug-likeness (QED) is 0.709. The Balaban J connectivity index is 2.08. The largest absolute Gasteiger partial charge is 0.382 e. The first-order valence-electron chi connectivity index (χ1n) is 6.40. The van der Waals surface area contributed by atoms with E-state index in [2.05, 4.69) is 10.6 Å². The standard InChI is InChI=1S/C14H22N2O3/c1-12-5-3-6-13(11-12)16-14(17)15-7-4-8-19-10-9-18-2/h3,5-6,11H,4,7-10H2,1-2H3,(H2,15,16,17). The first-order valence-corrected chi connectivity index (χ1v) is 6.40. The maximum absolute atomic E-state index is 11.6. The minimum absolute atomic E-state index is 0.192. The Morgan fingerprint density at radius 1 is 1.26 bits per heavy atom. The van der Waals surface area contributed by atoms with Crippen molar-refractivity contribution in [1.29, 1.82) is 0 Å². The molecule has 0 saturated heterocycles. The van der Waals surface area contributed by atoms with Crippen molar-refractivity contribution < 1.29 is 14.3 Å². The van der Waals surface area contributed by atoms with Gasteiger partial charge in [-0.15, -0.1) is 0 Å². The summed E-state index contributed by atoms with van der Waals surface area (Å²) in [6.07, 6.45) is 0.783. The molecule has 0 fully saturated rings. The van der Waals surface area contributed by atoms with Crippen LogP contribution in [0.1, 0.15) is 12.0 Å². The van der Waals surface area contributed by atoms with Crippen molar-refractivity contribution >= 4 is 11.7 Å². The molecule has 2 amide bonds. The zero-order chi connectivity index (χ0) is 13.9. The van der Waals surface area contributed by atoms with E-state index < -0.39 is 0 Å². The van der Waals surface area contributed by atoms with Gasteiger partial charge in [-0.2, -0.15) is 0 Å². The van der Waals surface area contributed by atoms with Crippen LogP contribution in [0.5, 0.6) is 0 Å². The number of hydrogen-bond acceptors (Lipinski definition) is 3. The van der Waals surface area contributed by atoms with E-state index >= 15 is 0 Å². The lowest BCUT2D eigenvalue weighted by Crippen LogP contribution is -2.30. The van der Waals surface area contributed by atoms with Crippen molar-refractivity contribution in [1.82, 2.24) is 5.32 Å². The fourth-order valence-corrected chi connectivity index (χ4v) is 1.52. The monoisotopic (exact) mass is 266 g/mol. The van der Waals surface area contributed by atoms with Gasteiger partial charge < -0.3 is 20.1 Å². The molecule has 0 aromatic heterocycles. The third-order valence-corrected chi connectivity index (χ3v) is 2.46. The van der Waals surface area contributed by atoms with Gasteiger partial charge in [-0.25, -0.2) is 4.79 Å². The first kappa shape index (κ1) is 15.5. The van der Waals surface area contributed by atoms with Crippen LogP contribution in [0.15, 0.2) is 24.3 Å². The van der Waals surface area contributed by atoms with Gasteiger partial charge in [0.25, 0.3) is 0 Å². The van der Waals surface area contributed by atoms with Crippen molar-refractivity contribution in [3.63, 3.8) is 0 Å². The van der Waals surface area contributed by atoms with Crippen molar-refractivity contribution in [3.05, 3.63) is 29.8 Å². The van der Waals surface area contributed by atoms with Crippen LogP contribution in [-0.4, -0.2) is 39.5 Å². The second-order valence-electron chi connectivity index (χ2n) is 4.21. The third-order valence-electron chi connectivity index (χ3n) is 2.46. The number of carbonyl (C=O) groups excluding carboxylic acids is 1. The van der Waals surface area contributed by atoms with Gasteiger partial charge in [0, 0.05) is 25.9 Å². The molecule has 5 heteroatoms. The molecular weight excluding hydrogens is 244 g/mol.